The molecule has 0 amide bonds. The second-order valence-electron chi connectivity index (χ2n) is 1.68. The van der Waals surface area contributed by atoms with E-state index in [1.807, 2.05) is 0 Å². The van der Waals surface area contributed by atoms with Crippen LogP contribution in [0.25, 0.3) is 0 Å². The first kappa shape index (κ1) is 5.35. The van der Waals surface area contributed by atoms with Crippen molar-refractivity contribution in [3.05, 3.63) is 23.4 Å². The van der Waals surface area contributed by atoms with Crippen LogP contribution in [0, 0.1) is 25.9 Å². The summed E-state index contributed by atoms with van der Waals surface area (Å²) in [6.07, 6.45) is 0. The Kier molecular flexibility index (Phi) is 1.08. The lowest BCUT2D eigenvalue weighted by molar-refractivity contribution is 0.342. The molecule has 0 aliphatic heterocycles. The van der Waals surface area contributed by atoms with E-state index in [-0.39, 0.29) is 0 Å². The molecule has 1 nitrogen and oxygen atoms in total. The lowest BCUT2D eigenvalue weighted by Crippen LogP contribution is -1.65. The van der Waals surface area contributed by atoms with Crippen molar-refractivity contribution in [2.75, 3.05) is 0 Å². The fraction of sp³-hybridized carbons (Fsp3) is 0.333. The zero-order valence-electron chi connectivity index (χ0n) is 4.79. The molecule has 2 heteroatoms. The van der Waals surface area contributed by atoms with Gasteiger partial charge in [-0.05, 0) is 13.8 Å². The van der Waals surface area contributed by atoms with Crippen LogP contribution in [0.3, 0.4) is 0 Å². The first-order valence-electron chi connectivity index (χ1n) is 2.35. The van der Waals surface area contributed by atoms with E-state index in [1.54, 1.807) is 13.8 Å². The molecule has 43 valence electrons. The molecule has 0 fully saturated rings. The standard InChI is InChI=1S/C6H6FO/c1-4-3-5(2)8-6(4)7/h1-2H3. The monoisotopic (exact) mass is 113 g/mol. The summed E-state index contributed by atoms with van der Waals surface area (Å²) < 4.78 is 16.6. The van der Waals surface area contributed by atoms with Crippen molar-refractivity contribution < 1.29 is 8.81 Å². The molecule has 8 heavy (non-hydrogen) atoms. The number of rotatable bonds is 0. The highest BCUT2D eigenvalue weighted by Crippen LogP contribution is 2.08. The van der Waals surface area contributed by atoms with Gasteiger partial charge >= 0.3 is 0 Å². The molecule has 0 N–H and O–H groups in total. The van der Waals surface area contributed by atoms with Gasteiger partial charge in [0.1, 0.15) is 5.76 Å². The van der Waals surface area contributed by atoms with E-state index in [9.17, 15) is 4.39 Å². The minimum absolute atomic E-state index is 0.447. The van der Waals surface area contributed by atoms with Crippen molar-refractivity contribution in [2.45, 2.75) is 13.8 Å². The van der Waals surface area contributed by atoms with Gasteiger partial charge in [-0.15, -0.1) is 0 Å². The summed E-state index contributed by atoms with van der Waals surface area (Å²) in [5, 5.41) is 0. The van der Waals surface area contributed by atoms with Crippen molar-refractivity contribution in [1.82, 2.24) is 0 Å². The third kappa shape index (κ3) is 0.735. The molecule has 0 aromatic carbocycles. The maximum absolute atomic E-state index is 12.1. The van der Waals surface area contributed by atoms with Crippen LogP contribution >= 0.6 is 0 Å². The summed E-state index contributed by atoms with van der Waals surface area (Å²) in [7, 11) is 0. The van der Waals surface area contributed by atoms with E-state index >= 15 is 0 Å². The highest BCUT2D eigenvalue weighted by atomic mass is 19.1. The Morgan fingerprint density at radius 1 is 1.50 bits per heavy atom. The molecule has 1 heterocycles. The molecule has 0 aliphatic rings. The molecule has 1 aromatic heterocycles. The van der Waals surface area contributed by atoms with Crippen molar-refractivity contribution >= 4 is 0 Å². The molecule has 0 saturated heterocycles. The van der Waals surface area contributed by atoms with Crippen molar-refractivity contribution in [1.29, 1.82) is 0 Å². The predicted molar refractivity (Wildman–Crippen MR) is 27.0 cm³/mol. The third-order valence-electron chi connectivity index (χ3n) is 0.901. The summed E-state index contributed by atoms with van der Waals surface area (Å²) in [5.41, 5.74) is 0.447. The molecule has 1 rings (SSSR count). The quantitative estimate of drug-likeness (QED) is 0.500. The van der Waals surface area contributed by atoms with Crippen LogP contribution in [0.2, 0.25) is 0 Å². The van der Waals surface area contributed by atoms with Crippen LogP contribution in [0.5, 0.6) is 0 Å². The van der Waals surface area contributed by atoms with E-state index in [2.05, 4.69) is 10.5 Å². The largest absolute Gasteiger partial charge is 0.436 e. The van der Waals surface area contributed by atoms with E-state index in [0.29, 0.717) is 11.3 Å². The SMILES string of the molecule is Cc1[c]c(C)c(F)o1. The number of hydrogen-bond donors (Lipinski definition) is 0. The van der Waals surface area contributed by atoms with Gasteiger partial charge in [0.15, 0.2) is 0 Å². The van der Waals surface area contributed by atoms with Gasteiger partial charge in [-0.25, -0.2) is 0 Å². The zero-order chi connectivity index (χ0) is 6.15. The fourth-order valence-corrected chi connectivity index (χ4v) is 0.550. The molecule has 1 radical (unpaired) electrons. The van der Waals surface area contributed by atoms with Gasteiger partial charge in [0.05, 0.1) is 0 Å². The zero-order valence-corrected chi connectivity index (χ0v) is 4.79. The number of furan rings is 1. The maximum atomic E-state index is 12.1. The minimum Gasteiger partial charge on any atom is -0.436 e. The van der Waals surface area contributed by atoms with Crippen LogP contribution in [-0.2, 0) is 0 Å². The van der Waals surface area contributed by atoms with Gasteiger partial charge in [0.25, 0.3) is 6.01 Å². The lowest BCUT2D eigenvalue weighted by atomic mass is 10.3. The highest BCUT2D eigenvalue weighted by molar-refractivity contribution is 5.08. The number of hydrogen-bond acceptors (Lipinski definition) is 1. The van der Waals surface area contributed by atoms with Crippen LogP contribution in [-0.4, -0.2) is 0 Å². The van der Waals surface area contributed by atoms with Gasteiger partial charge in [0.2, 0.25) is 0 Å². The second-order valence-corrected chi connectivity index (χ2v) is 1.68. The topological polar surface area (TPSA) is 13.1 Å². The Morgan fingerprint density at radius 2 is 2.12 bits per heavy atom. The molecule has 0 bridgehead atoms. The van der Waals surface area contributed by atoms with E-state index in [0.717, 1.165) is 0 Å². The summed E-state index contributed by atoms with van der Waals surface area (Å²) in [4.78, 5) is 0. The molecular formula is C6H6FO. The smallest absolute Gasteiger partial charge is 0.281 e. The van der Waals surface area contributed by atoms with Crippen molar-refractivity contribution in [3.63, 3.8) is 0 Å². The van der Waals surface area contributed by atoms with Gasteiger partial charge in [-0.2, -0.15) is 4.39 Å². The highest BCUT2D eigenvalue weighted by Gasteiger charge is 2.00. The maximum Gasteiger partial charge on any atom is 0.281 e. The summed E-state index contributed by atoms with van der Waals surface area (Å²) in [6, 6.07) is 2.14. The lowest BCUT2D eigenvalue weighted by Gasteiger charge is -1.75. The summed E-state index contributed by atoms with van der Waals surface area (Å²) >= 11 is 0. The van der Waals surface area contributed by atoms with Gasteiger partial charge in [-0.3, -0.25) is 0 Å². The first-order valence-corrected chi connectivity index (χ1v) is 2.35. The molecule has 0 atom stereocenters. The van der Waals surface area contributed by atoms with E-state index in [4.69, 9.17) is 0 Å². The van der Waals surface area contributed by atoms with E-state index < -0.39 is 6.01 Å². The molecule has 0 unspecified atom stereocenters. The average molecular weight is 113 g/mol. The molecule has 0 saturated carbocycles. The van der Waals surface area contributed by atoms with Gasteiger partial charge < -0.3 is 4.42 Å². The van der Waals surface area contributed by atoms with Crippen LogP contribution in [0.1, 0.15) is 11.3 Å². The average Bonchev–Trinajstić information content (AvgIpc) is 1.85. The Hall–Kier alpha value is -0.790. The van der Waals surface area contributed by atoms with E-state index in [1.165, 1.54) is 0 Å². The summed E-state index contributed by atoms with van der Waals surface area (Å²) in [5.74, 6) is 0.500. The normalized spacial score (nSPS) is 9.88. The fourth-order valence-electron chi connectivity index (χ4n) is 0.550. The summed E-state index contributed by atoms with van der Waals surface area (Å²) in [6.45, 7) is 3.28. The molecule has 1 aromatic rings. The van der Waals surface area contributed by atoms with Crippen LogP contribution < -0.4 is 0 Å². The minimum atomic E-state index is -0.525. The predicted octanol–water partition coefficient (Wildman–Crippen LogP) is 1.84. The Morgan fingerprint density at radius 3 is 2.25 bits per heavy atom. The molecular weight excluding hydrogens is 107 g/mol. The Labute approximate surface area is 47.1 Å². The number of aryl methyl sites for hydroxylation is 2. The number of halogens is 1. The molecule has 0 aliphatic carbocycles. The Bertz CT molecular complexity index is 171. The van der Waals surface area contributed by atoms with Crippen molar-refractivity contribution in [2.24, 2.45) is 0 Å². The first-order chi connectivity index (χ1) is 3.70. The van der Waals surface area contributed by atoms with Gasteiger partial charge in [0, 0.05) is 11.6 Å². The van der Waals surface area contributed by atoms with Crippen LogP contribution in [0.15, 0.2) is 4.42 Å². The Balaban J connectivity index is 3.14. The van der Waals surface area contributed by atoms with Gasteiger partial charge in [-0.1, -0.05) is 0 Å². The second kappa shape index (κ2) is 1.62. The third-order valence-corrected chi connectivity index (χ3v) is 0.901. The van der Waals surface area contributed by atoms with Crippen LogP contribution in [0.4, 0.5) is 4.39 Å². The van der Waals surface area contributed by atoms with Crippen molar-refractivity contribution in [3.8, 4) is 0 Å². The molecule has 0 spiro atoms.